The molecule has 0 spiro atoms. The molecule has 0 unspecified atom stereocenters. The second-order valence-corrected chi connectivity index (χ2v) is 6.86. The summed E-state index contributed by atoms with van der Waals surface area (Å²) in [7, 11) is 1.59. The first-order valence-corrected chi connectivity index (χ1v) is 8.72. The highest BCUT2D eigenvalue weighted by atomic mass is 79.9. The number of carbonyl (C=O) groups excluding carboxylic acids is 2. The van der Waals surface area contributed by atoms with Gasteiger partial charge in [0.2, 0.25) is 0 Å². The standard InChI is InChI=1S/C19H18BrNO4/c1-3-25-14-7-4-12(5-8-14)17(22)11-19(24)15-10-13(20)6-9-16(15)21(2)18(19)23/h4-10,24H,3,11H2,1-2H3/t19-/m0/s1. The van der Waals surface area contributed by atoms with E-state index < -0.39 is 11.5 Å². The molecule has 1 heterocycles. The third-order valence-corrected chi connectivity index (χ3v) is 4.82. The molecule has 0 radical (unpaired) electrons. The number of anilines is 1. The molecule has 0 bridgehead atoms. The molecule has 130 valence electrons. The van der Waals surface area contributed by atoms with Crippen LogP contribution in [0.15, 0.2) is 46.9 Å². The minimum Gasteiger partial charge on any atom is -0.494 e. The van der Waals surface area contributed by atoms with E-state index in [2.05, 4.69) is 15.9 Å². The van der Waals surface area contributed by atoms with Gasteiger partial charge in [-0.05, 0) is 49.4 Å². The van der Waals surface area contributed by atoms with E-state index in [1.54, 1.807) is 49.5 Å². The van der Waals surface area contributed by atoms with Gasteiger partial charge in [-0.3, -0.25) is 9.59 Å². The number of halogens is 1. The fourth-order valence-electron chi connectivity index (χ4n) is 3.04. The fourth-order valence-corrected chi connectivity index (χ4v) is 3.40. The number of hydrogen-bond acceptors (Lipinski definition) is 4. The topological polar surface area (TPSA) is 66.8 Å². The molecule has 0 fully saturated rings. The van der Waals surface area contributed by atoms with Gasteiger partial charge >= 0.3 is 0 Å². The molecule has 1 N–H and O–H groups in total. The molecule has 25 heavy (non-hydrogen) atoms. The maximum atomic E-state index is 12.6. The summed E-state index contributed by atoms with van der Waals surface area (Å²) in [5.74, 6) is -0.135. The van der Waals surface area contributed by atoms with Crippen molar-refractivity contribution >= 4 is 33.3 Å². The van der Waals surface area contributed by atoms with Gasteiger partial charge in [0.15, 0.2) is 11.4 Å². The predicted octanol–water partition coefficient (Wildman–Crippen LogP) is 3.28. The lowest BCUT2D eigenvalue weighted by Gasteiger charge is -2.21. The van der Waals surface area contributed by atoms with Crippen molar-refractivity contribution in [1.29, 1.82) is 0 Å². The van der Waals surface area contributed by atoms with Crippen molar-refractivity contribution in [2.75, 3.05) is 18.6 Å². The maximum absolute atomic E-state index is 12.6. The van der Waals surface area contributed by atoms with Gasteiger partial charge in [-0.15, -0.1) is 0 Å². The zero-order valence-electron chi connectivity index (χ0n) is 14.0. The van der Waals surface area contributed by atoms with Crippen LogP contribution in [0, 0.1) is 0 Å². The predicted molar refractivity (Wildman–Crippen MR) is 98.0 cm³/mol. The molecule has 1 amide bonds. The lowest BCUT2D eigenvalue weighted by atomic mass is 9.88. The highest BCUT2D eigenvalue weighted by Crippen LogP contribution is 2.43. The van der Waals surface area contributed by atoms with Crippen LogP contribution in [0.5, 0.6) is 5.75 Å². The van der Waals surface area contributed by atoms with Gasteiger partial charge in [-0.1, -0.05) is 15.9 Å². The molecule has 5 nitrogen and oxygen atoms in total. The third-order valence-electron chi connectivity index (χ3n) is 4.33. The number of Topliss-reactive ketones (excluding diaryl/α,β-unsaturated/α-hetero) is 1. The fraction of sp³-hybridized carbons (Fsp3) is 0.263. The summed E-state index contributed by atoms with van der Waals surface area (Å²) in [5.41, 5.74) is -0.386. The minimum atomic E-state index is -1.86. The lowest BCUT2D eigenvalue weighted by molar-refractivity contribution is -0.135. The molecule has 2 aromatic carbocycles. The summed E-state index contributed by atoms with van der Waals surface area (Å²) < 4.78 is 6.10. The molecule has 0 aromatic heterocycles. The first-order chi connectivity index (χ1) is 11.9. The number of aliphatic hydroxyl groups is 1. The quantitative estimate of drug-likeness (QED) is 0.777. The van der Waals surface area contributed by atoms with Crippen molar-refractivity contribution in [2.45, 2.75) is 18.9 Å². The van der Waals surface area contributed by atoms with Crippen LogP contribution in [0.4, 0.5) is 5.69 Å². The number of ketones is 1. The lowest BCUT2D eigenvalue weighted by Crippen LogP contribution is -2.40. The van der Waals surface area contributed by atoms with E-state index in [1.165, 1.54) is 4.90 Å². The van der Waals surface area contributed by atoms with Crippen LogP contribution >= 0.6 is 15.9 Å². The summed E-state index contributed by atoms with van der Waals surface area (Å²) in [6.07, 6.45) is -0.312. The van der Waals surface area contributed by atoms with Crippen molar-refractivity contribution in [2.24, 2.45) is 0 Å². The molecule has 1 atom stereocenters. The van der Waals surface area contributed by atoms with E-state index >= 15 is 0 Å². The van der Waals surface area contributed by atoms with Gasteiger partial charge in [0, 0.05) is 22.6 Å². The SMILES string of the molecule is CCOc1ccc(C(=O)C[C@@]2(O)C(=O)N(C)c3ccc(Br)cc32)cc1. The van der Waals surface area contributed by atoms with Crippen molar-refractivity contribution in [3.8, 4) is 5.75 Å². The van der Waals surface area contributed by atoms with Crippen molar-refractivity contribution < 1.29 is 19.4 Å². The second-order valence-electron chi connectivity index (χ2n) is 5.94. The van der Waals surface area contributed by atoms with Crippen LogP contribution in [0.2, 0.25) is 0 Å². The van der Waals surface area contributed by atoms with E-state index in [4.69, 9.17) is 4.74 Å². The van der Waals surface area contributed by atoms with Crippen LogP contribution < -0.4 is 9.64 Å². The Morgan fingerprint density at radius 3 is 2.56 bits per heavy atom. The minimum absolute atomic E-state index is 0.305. The number of likely N-dealkylation sites (N-methyl/N-ethyl adjacent to an activating group) is 1. The number of ether oxygens (including phenoxy) is 1. The summed E-state index contributed by atoms with van der Waals surface area (Å²) in [6, 6.07) is 11.9. The molecule has 0 aliphatic carbocycles. The van der Waals surface area contributed by atoms with E-state index in [0.29, 0.717) is 29.2 Å². The summed E-state index contributed by atoms with van der Waals surface area (Å²) in [6.45, 7) is 2.42. The molecule has 1 aliphatic rings. The Morgan fingerprint density at radius 2 is 1.92 bits per heavy atom. The largest absolute Gasteiger partial charge is 0.494 e. The van der Waals surface area contributed by atoms with Crippen molar-refractivity contribution in [3.63, 3.8) is 0 Å². The monoisotopic (exact) mass is 403 g/mol. The zero-order chi connectivity index (χ0) is 18.2. The van der Waals surface area contributed by atoms with Crippen LogP contribution in [-0.2, 0) is 10.4 Å². The number of amides is 1. The number of fused-ring (bicyclic) bond motifs is 1. The first-order valence-electron chi connectivity index (χ1n) is 7.93. The number of rotatable bonds is 5. The molecule has 1 aliphatic heterocycles. The zero-order valence-corrected chi connectivity index (χ0v) is 15.5. The van der Waals surface area contributed by atoms with E-state index in [9.17, 15) is 14.7 Å². The highest BCUT2D eigenvalue weighted by molar-refractivity contribution is 9.10. The van der Waals surface area contributed by atoms with Crippen LogP contribution in [-0.4, -0.2) is 30.5 Å². The Kier molecular flexibility index (Phi) is 4.67. The highest BCUT2D eigenvalue weighted by Gasteiger charge is 2.49. The first kappa shape index (κ1) is 17.6. The van der Waals surface area contributed by atoms with Gasteiger partial charge < -0.3 is 14.7 Å². The number of nitrogens with zero attached hydrogens (tertiary/aromatic N) is 1. The van der Waals surface area contributed by atoms with Gasteiger partial charge in [0.25, 0.3) is 5.91 Å². The van der Waals surface area contributed by atoms with E-state index in [-0.39, 0.29) is 12.2 Å². The normalized spacial score (nSPS) is 19.0. The Hall–Kier alpha value is -2.18. The number of carbonyl (C=O) groups is 2. The van der Waals surface area contributed by atoms with Crippen LogP contribution in [0.25, 0.3) is 0 Å². The average Bonchev–Trinajstić information content (AvgIpc) is 2.77. The smallest absolute Gasteiger partial charge is 0.263 e. The van der Waals surface area contributed by atoms with Gasteiger partial charge in [0.05, 0.1) is 18.7 Å². The maximum Gasteiger partial charge on any atom is 0.263 e. The van der Waals surface area contributed by atoms with Gasteiger partial charge in [-0.25, -0.2) is 0 Å². The van der Waals surface area contributed by atoms with E-state index in [1.807, 2.05) is 6.92 Å². The van der Waals surface area contributed by atoms with Crippen molar-refractivity contribution in [3.05, 3.63) is 58.1 Å². The summed E-state index contributed by atoms with van der Waals surface area (Å²) in [5, 5.41) is 11.0. The number of benzene rings is 2. The van der Waals surface area contributed by atoms with Crippen LogP contribution in [0.3, 0.4) is 0 Å². The number of hydrogen-bond donors (Lipinski definition) is 1. The van der Waals surface area contributed by atoms with Gasteiger partial charge in [0.1, 0.15) is 5.75 Å². The average molecular weight is 404 g/mol. The van der Waals surface area contributed by atoms with Crippen molar-refractivity contribution in [1.82, 2.24) is 0 Å². The third kappa shape index (κ3) is 3.07. The summed E-state index contributed by atoms with van der Waals surface area (Å²) >= 11 is 3.35. The molecule has 2 aromatic rings. The molecular weight excluding hydrogens is 386 g/mol. The summed E-state index contributed by atoms with van der Waals surface area (Å²) in [4.78, 5) is 26.6. The molecule has 3 rings (SSSR count). The molecule has 6 heteroatoms. The van der Waals surface area contributed by atoms with Crippen LogP contribution in [0.1, 0.15) is 29.3 Å². The molecular formula is C19H18BrNO4. The molecule has 0 saturated carbocycles. The Balaban J connectivity index is 1.90. The Labute approximate surface area is 154 Å². The molecule has 0 saturated heterocycles. The van der Waals surface area contributed by atoms with Gasteiger partial charge in [-0.2, -0.15) is 0 Å². The second kappa shape index (κ2) is 6.61. The Morgan fingerprint density at radius 1 is 1.24 bits per heavy atom. The van der Waals surface area contributed by atoms with E-state index in [0.717, 1.165) is 4.47 Å². The Bertz CT molecular complexity index is 834.